The maximum absolute atomic E-state index is 14.1. The molecule has 3 aromatic rings. The first-order valence-corrected chi connectivity index (χ1v) is 15.6. The van der Waals surface area contributed by atoms with E-state index in [0.29, 0.717) is 11.4 Å². The molecule has 4 rings (SSSR count). The summed E-state index contributed by atoms with van der Waals surface area (Å²) in [5.74, 6) is -0.769. The van der Waals surface area contributed by atoms with Gasteiger partial charge < -0.3 is 10.2 Å². The van der Waals surface area contributed by atoms with Gasteiger partial charge in [0.1, 0.15) is 12.6 Å². The molecule has 0 bridgehead atoms. The average molecular weight is 603 g/mol. The van der Waals surface area contributed by atoms with Gasteiger partial charge in [0.2, 0.25) is 11.8 Å². The van der Waals surface area contributed by atoms with Crippen LogP contribution in [0, 0.1) is 0 Å². The molecule has 1 aliphatic carbocycles. The standard InChI is InChI=1S/C30H33Cl2N3O4S/c1-2-27(30(37)33-24-10-6-7-11-24)34(20-22-16-18-23(31)19-17-22)29(36)21-35(28-15-9-8-14-26(28)32)40(38,39)25-12-4-3-5-13-25/h3-5,8-9,12-19,24,27H,2,6-7,10-11,20-21H2,1H3,(H,33,37)/t27-/m0/s1. The van der Waals surface area contributed by atoms with Crippen LogP contribution in [0.25, 0.3) is 0 Å². The highest BCUT2D eigenvalue weighted by molar-refractivity contribution is 7.92. The maximum atomic E-state index is 14.1. The third-order valence-electron chi connectivity index (χ3n) is 7.08. The van der Waals surface area contributed by atoms with E-state index in [1.54, 1.807) is 66.7 Å². The first kappa shape index (κ1) is 29.9. The van der Waals surface area contributed by atoms with E-state index < -0.39 is 28.5 Å². The van der Waals surface area contributed by atoms with Crippen molar-refractivity contribution in [1.82, 2.24) is 10.2 Å². The summed E-state index contributed by atoms with van der Waals surface area (Å²) in [6, 6.07) is 20.7. The van der Waals surface area contributed by atoms with Gasteiger partial charge in [-0.15, -0.1) is 0 Å². The van der Waals surface area contributed by atoms with Gasteiger partial charge in [-0.1, -0.05) is 85.4 Å². The van der Waals surface area contributed by atoms with Crippen molar-refractivity contribution in [2.75, 3.05) is 10.8 Å². The van der Waals surface area contributed by atoms with E-state index in [9.17, 15) is 18.0 Å². The Morgan fingerprint density at radius 2 is 1.55 bits per heavy atom. The summed E-state index contributed by atoms with van der Waals surface area (Å²) in [5, 5.41) is 3.84. The minimum Gasteiger partial charge on any atom is -0.352 e. The lowest BCUT2D eigenvalue weighted by Gasteiger charge is -2.34. The van der Waals surface area contributed by atoms with E-state index in [2.05, 4.69) is 5.32 Å². The fourth-order valence-electron chi connectivity index (χ4n) is 4.96. The SMILES string of the molecule is CC[C@@H](C(=O)NC1CCCC1)N(Cc1ccc(Cl)cc1)C(=O)CN(c1ccccc1Cl)S(=O)(=O)c1ccccc1. The second-order valence-corrected chi connectivity index (χ2v) is 12.5. The summed E-state index contributed by atoms with van der Waals surface area (Å²) in [5.41, 5.74) is 0.941. The number of anilines is 1. The van der Waals surface area contributed by atoms with Crippen LogP contribution in [0.3, 0.4) is 0 Å². The van der Waals surface area contributed by atoms with Crippen molar-refractivity contribution in [2.24, 2.45) is 0 Å². The Kier molecular flexibility index (Phi) is 10.1. The first-order valence-electron chi connectivity index (χ1n) is 13.4. The lowest BCUT2D eigenvalue weighted by molar-refractivity contribution is -0.140. The fourth-order valence-corrected chi connectivity index (χ4v) is 6.83. The van der Waals surface area contributed by atoms with Gasteiger partial charge in [-0.05, 0) is 61.2 Å². The molecule has 0 aliphatic heterocycles. The molecule has 10 heteroatoms. The van der Waals surface area contributed by atoms with Gasteiger partial charge in [0.25, 0.3) is 10.0 Å². The number of hydrogen-bond acceptors (Lipinski definition) is 4. The summed E-state index contributed by atoms with van der Waals surface area (Å²) in [4.78, 5) is 29.1. The number of amides is 2. The molecular formula is C30H33Cl2N3O4S. The largest absolute Gasteiger partial charge is 0.352 e. The molecule has 0 heterocycles. The molecule has 7 nitrogen and oxygen atoms in total. The fraction of sp³-hybridized carbons (Fsp3) is 0.333. The van der Waals surface area contributed by atoms with Crippen molar-refractivity contribution in [3.05, 3.63) is 94.5 Å². The number of sulfonamides is 1. The van der Waals surface area contributed by atoms with Crippen LogP contribution in [0.5, 0.6) is 0 Å². The number of carbonyl (C=O) groups excluding carboxylic acids is 2. The van der Waals surface area contributed by atoms with Gasteiger partial charge in [-0.3, -0.25) is 13.9 Å². The zero-order chi connectivity index (χ0) is 28.7. The zero-order valence-electron chi connectivity index (χ0n) is 22.3. The molecule has 1 fully saturated rings. The van der Waals surface area contributed by atoms with E-state index in [1.165, 1.54) is 17.0 Å². The predicted octanol–water partition coefficient (Wildman–Crippen LogP) is 6.05. The second kappa shape index (κ2) is 13.5. The van der Waals surface area contributed by atoms with Crippen molar-refractivity contribution in [3.8, 4) is 0 Å². The van der Waals surface area contributed by atoms with Crippen LogP contribution in [-0.4, -0.2) is 43.8 Å². The Hall–Kier alpha value is -3.07. The van der Waals surface area contributed by atoms with E-state index in [1.807, 2.05) is 6.92 Å². The number of carbonyl (C=O) groups is 2. The summed E-state index contributed by atoms with van der Waals surface area (Å²) >= 11 is 12.5. The lowest BCUT2D eigenvalue weighted by Crippen LogP contribution is -2.53. The van der Waals surface area contributed by atoms with Gasteiger partial charge in [0.05, 0.1) is 15.6 Å². The van der Waals surface area contributed by atoms with Crippen molar-refractivity contribution in [3.63, 3.8) is 0 Å². The number of hydrogen-bond donors (Lipinski definition) is 1. The minimum absolute atomic E-state index is 0.0259. The van der Waals surface area contributed by atoms with Crippen LogP contribution in [0.4, 0.5) is 5.69 Å². The molecule has 40 heavy (non-hydrogen) atoms. The number of benzene rings is 3. The Morgan fingerprint density at radius 1 is 0.925 bits per heavy atom. The molecule has 1 atom stereocenters. The van der Waals surface area contributed by atoms with E-state index in [4.69, 9.17) is 23.2 Å². The highest BCUT2D eigenvalue weighted by Gasteiger charge is 2.35. The smallest absolute Gasteiger partial charge is 0.264 e. The molecule has 0 aromatic heterocycles. The minimum atomic E-state index is -4.17. The average Bonchev–Trinajstić information content (AvgIpc) is 3.46. The number of halogens is 2. The van der Waals surface area contributed by atoms with E-state index in [0.717, 1.165) is 35.6 Å². The van der Waals surface area contributed by atoms with Crippen LogP contribution >= 0.6 is 23.2 Å². The van der Waals surface area contributed by atoms with E-state index in [-0.39, 0.29) is 34.1 Å². The first-order chi connectivity index (χ1) is 19.2. The maximum Gasteiger partial charge on any atom is 0.264 e. The summed E-state index contributed by atoms with van der Waals surface area (Å²) in [6.45, 7) is 1.41. The van der Waals surface area contributed by atoms with Gasteiger partial charge in [0, 0.05) is 17.6 Å². The highest BCUT2D eigenvalue weighted by atomic mass is 35.5. The molecule has 3 aromatic carbocycles. The highest BCUT2D eigenvalue weighted by Crippen LogP contribution is 2.31. The number of nitrogens with one attached hydrogen (secondary N) is 1. The molecular weight excluding hydrogens is 569 g/mol. The van der Waals surface area contributed by atoms with Crippen LogP contribution in [0.2, 0.25) is 10.0 Å². The summed E-state index contributed by atoms with van der Waals surface area (Å²) in [7, 11) is -4.17. The summed E-state index contributed by atoms with van der Waals surface area (Å²) in [6.07, 6.45) is 4.28. The molecule has 1 N–H and O–H groups in total. The van der Waals surface area contributed by atoms with Crippen molar-refractivity contribution in [2.45, 2.75) is 62.6 Å². The normalized spacial score (nSPS) is 14.5. The van der Waals surface area contributed by atoms with Gasteiger partial charge in [0.15, 0.2) is 0 Å². The van der Waals surface area contributed by atoms with Crippen LogP contribution in [0.1, 0.15) is 44.6 Å². The Morgan fingerprint density at radius 3 is 2.17 bits per heavy atom. The number of nitrogens with zero attached hydrogens (tertiary/aromatic N) is 2. The van der Waals surface area contributed by atoms with E-state index >= 15 is 0 Å². The van der Waals surface area contributed by atoms with Crippen molar-refractivity contribution in [1.29, 1.82) is 0 Å². The zero-order valence-corrected chi connectivity index (χ0v) is 24.6. The molecule has 0 unspecified atom stereocenters. The second-order valence-electron chi connectivity index (χ2n) is 9.84. The third kappa shape index (κ3) is 7.16. The quantitative estimate of drug-likeness (QED) is 0.289. The monoisotopic (exact) mass is 601 g/mol. The van der Waals surface area contributed by atoms with Crippen LogP contribution in [0.15, 0.2) is 83.8 Å². The van der Waals surface area contributed by atoms with Gasteiger partial charge >= 0.3 is 0 Å². The third-order valence-corrected chi connectivity index (χ3v) is 9.43. The summed E-state index contributed by atoms with van der Waals surface area (Å²) < 4.78 is 28.7. The Bertz CT molecular complexity index is 1410. The lowest BCUT2D eigenvalue weighted by atomic mass is 10.1. The molecule has 212 valence electrons. The topological polar surface area (TPSA) is 86.8 Å². The van der Waals surface area contributed by atoms with Gasteiger partial charge in [-0.25, -0.2) is 8.42 Å². The predicted molar refractivity (Wildman–Crippen MR) is 159 cm³/mol. The van der Waals surface area contributed by atoms with Crippen molar-refractivity contribution >= 4 is 50.7 Å². The Labute approximate surface area is 246 Å². The van der Waals surface area contributed by atoms with Crippen LogP contribution in [-0.2, 0) is 26.2 Å². The van der Waals surface area contributed by atoms with Crippen LogP contribution < -0.4 is 9.62 Å². The van der Waals surface area contributed by atoms with Crippen molar-refractivity contribution < 1.29 is 18.0 Å². The number of rotatable bonds is 11. The molecule has 0 radical (unpaired) electrons. The molecule has 0 spiro atoms. The molecule has 2 amide bonds. The molecule has 1 aliphatic rings. The number of para-hydroxylation sites is 1. The molecule has 1 saturated carbocycles. The van der Waals surface area contributed by atoms with Gasteiger partial charge in [-0.2, -0.15) is 0 Å². The Balaban J connectivity index is 1.71. The molecule has 0 saturated heterocycles.